The Morgan fingerprint density at radius 2 is 1.75 bits per heavy atom. The topological polar surface area (TPSA) is 42.0 Å². The van der Waals surface area contributed by atoms with Crippen LogP contribution in [0.25, 0.3) is 10.2 Å². The van der Waals surface area contributed by atoms with E-state index in [1.165, 1.54) is 11.1 Å². The maximum atomic E-state index is 12.3. The Morgan fingerprint density at radius 3 is 2.38 bits per heavy atom. The van der Waals surface area contributed by atoms with Gasteiger partial charge in [0, 0.05) is 0 Å². The summed E-state index contributed by atoms with van der Waals surface area (Å²) >= 11 is 1.54. The number of fused-ring (bicyclic) bond motifs is 1. The minimum absolute atomic E-state index is 0.0262. The van der Waals surface area contributed by atoms with Crippen molar-refractivity contribution in [1.82, 2.24) is 4.98 Å². The van der Waals surface area contributed by atoms with Crippen LogP contribution in [-0.2, 0) is 11.2 Å². The number of rotatable bonds is 4. The molecular formula is C20H22N2OS. The van der Waals surface area contributed by atoms with Crippen LogP contribution < -0.4 is 5.32 Å². The normalized spacial score (nSPS) is 11.2. The molecule has 0 spiro atoms. The number of benzene rings is 2. The zero-order valence-electron chi connectivity index (χ0n) is 14.5. The first-order valence-electron chi connectivity index (χ1n) is 8.19. The summed E-state index contributed by atoms with van der Waals surface area (Å²) in [5, 5.41) is 3.61. The molecule has 1 aromatic heterocycles. The minimum atomic E-state index is -0.0262. The molecule has 0 radical (unpaired) electrons. The first-order valence-corrected chi connectivity index (χ1v) is 9.01. The fraction of sp³-hybridized carbons (Fsp3) is 0.300. The van der Waals surface area contributed by atoms with Gasteiger partial charge >= 0.3 is 0 Å². The number of aromatic nitrogens is 1. The van der Waals surface area contributed by atoms with Gasteiger partial charge in [0.25, 0.3) is 0 Å². The molecule has 4 heteroatoms. The van der Waals surface area contributed by atoms with E-state index in [4.69, 9.17) is 0 Å². The Bertz CT molecular complexity index is 840. The zero-order chi connectivity index (χ0) is 17.3. The van der Waals surface area contributed by atoms with Crippen molar-refractivity contribution in [3.63, 3.8) is 0 Å². The van der Waals surface area contributed by atoms with E-state index in [-0.39, 0.29) is 5.91 Å². The Labute approximate surface area is 146 Å². The molecule has 0 saturated heterocycles. The lowest BCUT2D eigenvalue weighted by Gasteiger charge is -2.06. The number of hydrogen-bond acceptors (Lipinski definition) is 3. The third kappa shape index (κ3) is 3.49. The third-order valence-corrected chi connectivity index (χ3v) is 5.31. The van der Waals surface area contributed by atoms with Gasteiger partial charge in [-0.1, -0.05) is 61.6 Å². The summed E-state index contributed by atoms with van der Waals surface area (Å²) in [6, 6.07) is 12.4. The van der Waals surface area contributed by atoms with Gasteiger partial charge in [0.2, 0.25) is 5.91 Å². The van der Waals surface area contributed by atoms with E-state index in [1.54, 1.807) is 11.3 Å². The molecule has 0 saturated carbocycles. The van der Waals surface area contributed by atoms with E-state index in [0.29, 0.717) is 17.5 Å². The molecule has 0 atom stereocenters. The Hall–Kier alpha value is -2.20. The Morgan fingerprint density at radius 1 is 1.08 bits per heavy atom. The number of amides is 1. The van der Waals surface area contributed by atoms with Crippen LogP contribution in [0.15, 0.2) is 36.4 Å². The molecule has 0 aliphatic carbocycles. The molecule has 3 nitrogen and oxygen atoms in total. The maximum Gasteiger partial charge on any atom is 0.230 e. The monoisotopic (exact) mass is 338 g/mol. The molecule has 1 N–H and O–H groups in total. The molecule has 0 fully saturated rings. The molecule has 3 rings (SSSR count). The molecule has 1 amide bonds. The van der Waals surface area contributed by atoms with Crippen molar-refractivity contribution >= 4 is 32.6 Å². The van der Waals surface area contributed by atoms with Gasteiger partial charge in [0.1, 0.15) is 0 Å². The molecule has 24 heavy (non-hydrogen) atoms. The van der Waals surface area contributed by atoms with E-state index in [9.17, 15) is 4.79 Å². The highest BCUT2D eigenvalue weighted by atomic mass is 32.1. The number of carbonyl (C=O) groups is 1. The van der Waals surface area contributed by atoms with Gasteiger partial charge in [-0.3, -0.25) is 4.79 Å². The van der Waals surface area contributed by atoms with Crippen molar-refractivity contribution in [2.75, 3.05) is 5.32 Å². The SMILES string of the molecule is Cc1ccc(C)c2sc(NC(=O)Cc3ccc(C(C)C)cc3)nc12. The van der Waals surface area contributed by atoms with Gasteiger partial charge in [0.15, 0.2) is 5.13 Å². The number of thiazole rings is 1. The van der Waals surface area contributed by atoms with Crippen LogP contribution in [0, 0.1) is 13.8 Å². The number of aryl methyl sites for hydroxylation is 2. The number of hydrogen-bond donors (Lipinski definition) is 1. The van der Waals surface area contributed by atoms with Crippen molar-refractivity contribution in [3.8, 4) is 0 Å². The highest BCUT2D eigenvalue weighted by Gasteiger charge is 2.11. The molecule has 0 bridgehead atoms. The number of nitrogens with one attached hydrogen (secondary N) is 1. The summed E-state index contributed by atoms with van der Waals surface area (Å²) < 4.78 is 1.14. The van der Waals surface area contributed by atoms with Crippen molar-refractivity contribution in [1.29, 1.82) is 0 Å². The second-order valence-corrected chi connectivity index (χ2v) is 7.52. The van der Waals surface area contributed by atoms with Gasteiger partial charge in [-0.15, -0.1) is 0 Å². The zero-order valence-corrected chi connectivity index (χ0v) is 15.3. The van der Waals surface area contributed by atoms with Gasteiger partial charge in [-0.25, -0.2) is 4.98 Å². The molecule has 0 unspecified atom stereocenters. The highest BCUT2D eigenvalue weighted by molar-refractivity contribution is 7.22. The predicted molar refractivity (Wildman–Crippen MR) is 102 cm³/mol. The van der Waals surface area contributed by atoms with Crippen LogP contribution in [-0.4, -0.2) is 10.9 Å². The van der Waals surface area contributed by atoms with Crippen LogP contribution in [0.1, 0.15) is 42.0 Å². The molecule has 2 aromatic carbocycles. The van der Waals surface area contributed by atoms with E-state index in [0.717, 1.165) is 21.3 Å². The first kappa shape index (κ1) is 16.7. The van der Waals surface area contributed by atoms with Crippen LogP contribution in [0.2, 0.25) is 0 Å². The summed E-state index contributed by atoms with van der Waals surface area (Å²) in [6.45, 7) is 8.45. The van der Waals surface area contributed by atoms with E-state index in [1.807, 2.05) is 19.1 Å². The predicted octanol–water partition coefficient (Wildman–Crippen LogP) is 5.22. The second kappa shape index (κ2) is 6.73. The summed E-state index contributed by atoms with van der Waals surface area (Å²) in [4.78, 5) is 16.9. The van der Waals surface area contributed by atoms with Crippen molar-refractivity contribution < 1.29 is 4.79 Å². The molecule has 0 aliphatic heterocycles. The minimum Gasteiger partial charge on any atom is -0.302 e. The lowest BCUT2D eigenvalue weighted by Crippen LogP contribution is -2.14. The fourth-order valence-electron chi connectivity index (χ4n) is 2.68. The van der Waals surface area contributed by atoms with Crippen LogP contribution in [0.4, 0.5) is 5.13 Å². The first-order chi connectivity index (χ1) is 11.4. The lowest BCUT2D eigenvalue weighted by atomic mass is 10.0. The third-order valence-electron chi connectivity index (χ3n) is 4.20. The number of nitrogens with zero attached hydrogens (tertiary/aromatic N) is 1. The standard InChI is InChI=1S/C20H22N2OS/c1-12(2)16-9-7-15(8-10-16)11-17(23)21-20-22-18-13(3)5-6-14(4)19(18)24-20/h5-10,12H,11H2,1-4H3,(H,21,22,23). The van der Waals surface area contributed by atoms with Gasteiger partial charge < -0.3 is 5.32 Å². The van der Waals surface area contributed by atoms with Crippen LogP contribution in [0.3, 0.4) is 0 Å². The largest absolute Gasteiger partial charge is 0.302 e. The maximum absolute atomic E-state index is 12.3. The lowest BCUT2D eigenvalue weighted by molar-refractivity contribution is -0.115. The van der Waals surface area contributed by atoms with Crippen LogP contribution in [0.5, 0.6) is 0 Å². The van der Waals surface area contributed by atoms with Crippen molar-refractivity contribution in [2.24, 2.45) is 0 Å². The molecule has 3 aromatic rings. The molecule has 0 aliphatic rings. The fourth-order valence-corrected chi connectivity index (χ4v) is 3.71. The highest BCUT2D eigenvalue weighted by Crippen LogP contribution is 2.30. The second-order valence-electron chi connectivity index (χ2n) is 6.52. The van der Waals surface area contributed by atoms with Gasteiger partial charge in [-0.05, 0) is 42.0 Å². The Balaban J connectivity index is 1.73. The summed E-state index contributed by atoms with van der Waals surface area (Å²) in [5.41, 5.74) is 5.62. The quantitative estimate of drug-likeness (QED) is 0.709. The Kier molecular flexibility index (Phi) is 4.67. The number of anilines is 1. The molecular weight excluding hydrogens is 316 g/mol. The van der Waals surface area contributed by atoms with E-state index in [2.05, 4.69) is 55.3 Å². The van der Waals surface area contributed by atoms with Gasteiger partial charge in [0.05, 0.1) is 16.6 Å². The number of carbonyl (C=O) groups excluding carboxylic acids is 1. The molecule has 1 heterocycles. The average Bonchev–Trinajstić information content (AvgIpc) is 2.96. The van der Waals surface area contributed by atoms with E-state index >= 15 is 0 Å². The van der Waals surface area contributed by atoms with Crippen molar-refractivity contribution in [3.05, 3.63) is 58.7 Å². The van der Waals surface area contributed by atoms with E-state index < -0.39 is 0 Å². The van der Waals surface area contributed by atoms with Gasteiger partial charge in [-0.2, -0.15) is 0 Å². The summed E-state index contributed by atoms with van der Waals surface area (Å²) in [7, 11) is 0. The van der Waals surface area contributed by atoms with Crippen LogP contribution >= 0.6 is 11.3 Å². The summed E-state index contributed by atoms with van der Waals surface area (Å²) in [6.07, 6.45) is 0.367. The molecule has 124 valence electrons. The van der Waals surface area contributed by atoms with Crippen molar-refractivity contribution in [2.45, 2.75) is 40.0 Å². The summed E-state index contributed by atoms with van der Waals surface area (Å²) in [5.74, 6) is 0.476. The smallest absolute Gasteiger partial charge is 0.230 e. The average molecular weight is 338 g/mol.